The summed E-state index contributed by atoms with van der Waals surface area (Å²) in [4.78, 5) is 4.31. The molecule has 18 heavy (non-hydrogen) atoms. The van der Waals surface area contributed by atoms with Crippen molar-refractivity contribution in [2.75, 3.05) is 5.32 Å². The van der Waals surface area contributed by atoms with Crippen molar-refractivity contribution in [3.8, 4) is 5.75 Å². The molecule has 2 rings (SSSR count). The predicted octanol–water partition coefficient (Wildman–Crippen LogP) is 3.78. The van der Waals surface area contributed by atoms with Gasteiger partial charge in [0.2, 0.25) is 0 Å². The van der Waals surface area contributed by atoms with Crippen molar-refractivity contribution in [1.82, 2.24) is 4.98 Å². The lowest BCUT2D eigenvalue weighted by Crippen LogP contribution is -2.03. The Labute approximate surface area is 115 Å². The van der Waals surface area contributed by atoms with Crippen LogP contribution in [0.1, 0.15) is 17.0 Å². The van der Waals surface area contributed by atoms with E-state index in [9.17, 15) is 5.11 Å². The molecule has 0 fully saturated rings. The maximum atomic E-state index is 9.70. The molecule has 0 saturated carbocycles. The minimum absolute atomic E-state index is 0.224. The first kappa shape index (κ1) is 12.9. The van der Waals surface area contributed by atoms with E-state index >= 15 is 0 Å². The summed E-state index contributed by atoms with van der Waals surface area (Å²) >= 11 is 3.47. The van der Waals surface area contributed by atoms with E-state index in [1.165, 1.54) is 5.56 Å². The zero-order chi connectivity index (χ0) is 13.1. The van der Waals surface area contributed by atoms with E-state index < -0.39 is 0 Å². The summed E-state index contributed by atoms with van der Waals surface area (Å²) in [5.74, 6) is 0.224. The molecule has 0 aliphatic heterocycles. The van der Waals surface area contributed by atoms with Crippen molar-refractivity contribution in [2.24, 2.45) is 0 Å². The fraction of sp³-hybridized carbons (Fsp3) is 0.214. The number of hydrogen-bond donors (Lipinski definition) is 2. The average Bonchev–Trinajstić information content (AvgIpc) is 2.34. The molecule has 0 atom stereocenters. The maximum absolute atomic E-state index is 9.70. The summed E-state index contributed by atoms with van der Waals surface area (Å²) < 4.78 is 1.09. The molecule has 0 radical (unpaired) electrons. The molecule has 0 bridgehead atoms. The number of nitrogens with one attached hydrogen (secondary N) is 1. The molecule has 2 aromatic rings. The highest BCUT2D eigenvalue weighted by molar-refractivity contribution is 9.10. The number of aryl methyl sites for hydroxylation is 2. The van der Waals surface area contributed by atoms with Gasteiger partial charge in [-0.3, -0.25) is 4.98 Å². The van der Waals surface area contributed by atoms with Crippen molar-refractivity contribution in [3.05, 3.63) is 51.8 Å². The van der Waals surface area contributed by atoms with E-state index in [0.717, 1.165) is 15.9 Å². The van der Waals surface area contributed by atoms with Gasteiger partial charge in [-0.1, -0.05) is 15.9 Å². The van der Waals surface area contributed by atoms with Crippen molar-refractivity contribution in [3.63, 3.8) is 0 Å². The molecule has 3 nitrogen and oxygen atoms in total. The van der Waals surface area contributed by atoms with Crippen LogP contribution in [-0.2, 0) is 6.54 Å². The molecular formula is C14H15BrN2O. The third-order valence-electron chi connectivity index (χ3n) is 2.71. The first-order valence-corrected chi connectivity index (χ1v) is 6.51. The van der Waals surface area contributed by atoms with E-state index in [1.54, 1.807) is 12.1 Å². The molecule has 1 heterocycles. The number of nitrogens with zero attached hydrogens (tertiary/aromatic N) is 1. The monoisotopic (exact) mass is 306 g/mol. The second-order valence-electron chi connectivity index (χ2n) is 4.24. The summed E-state index contributed by atoms with van der Waals surface area (Å²) in [6.45, 7) is 4.46. The van der Waals surface area contributed by atoms with E-state index in [1.807, 2.05) is 26.0 Å². The Bertz CT molecular complexity index is 570. The Hall–Kier alpha value is -1.55. The fourth-order valence-corrected chi connectivity index (χ4v) is 1.92. The van der Waals surface area contributed by atoms with Gasteiger partial charge in [0, 0.05) is 15.9 Å². The summed E-state index contributed by atoms with van der Waals surface area (Å²) in [6, 6.07) is 9.51. The van der Waals surface area contributed by atoms with E-state index in [4.69, 9.17) is 0 Å². The Kier molecular flexibility index (Phi) is 3.87. The van der Waals surface area contributed by atoms with E-state index in [-0.39, 0.29) is 5.75 Å². The van der Waals surface area contributed by atoms with Crippen LogP contribution in [-0.4, -0.2) is 10.1 Å². The van der Waals surface area contributed by atoms with Crippen LogP contribution in [0.15, 0.2) is 34.8 Å². The van der Waals surface area contributed by atoms with Crippen LogP contribution in [0.25, 0.3) is 0 Å². The van der Waals surface area contributed by atoms with Gasteiger partial charge in [-0.2, -0.15) is 0 Å². The first-order valence-electron chi connectivity index (χ1n) is 5.72. The molecule has 0 aliphatic rings. The van der Waals surface area contributed by atoms with Crippen LogP contribution < -0.4 is 5.32 Å². The number of rotatable bonds is 3. The molecule has 1 aromatic carbocycles. The smallest absolute Gasteiger partial charge is 0.138 e. The molecule has 4 heteroatoms. The second-order valence-corrected chi connectivity index (χ2v) is 5.09. The molecule has 2 N–H and O–H groups in total. The first-order chi connectivity index (χ1) is 8.56. The normalized spacial score (nSPS) is 10.4. The molecule has 94 valence electrons. The van der Waals surface area contributed by atoms with Crippen molar-refractivity contribution in [2.45, 2.75) is 20.4 Å². The Morgan fingerprint density at radius 1 is 1.22 bits per heavy atom. The zero-order valence-corrected chi connectivity index (χ0v) is 12.0. The van der Waals surface area contributed by atoms with Crippen molar-refractivity contribution < 1.29 is 5.11 Å². The van der Waals surface area contributed by atoms with Gasteiger partial charge in [0.15, 0.2) is 0 Å². The number of anilines is 1. The number of aromatic nitrogens is 1. The SMILES string of the molecule is Cc1ccc(O)c(CNc2ccc(Br)c(C)c2)n1. The second kappa shape index (κ2) is 5.40. The van der Waals surface area contributed by atoms with Gasteiger partial charge in [0.1, 0.15) is 11.4 Å². The van der Waals surface area contributed by atoms with Gasteiger partial charge in [-0.15, -0.1) is 0 Å². The Morgan fingerprint density at radius 3 is 2.72 bits per heavy atom. The minimum atomic E-state index is 0.224. The van der Waals surface area contributed by atoms with Gasteiger partial charge in [0.05, 0.1) is 6.54 Å². The van der Waals surface area contributed by atoms with Gasteiger partial charge in [-0.05, 0) is 49.7 Å². The van der Waals surface area contributed by atoms with Gasteiger partial charge in [-0.25, -0.2) is 0 Å². The quantitative estimate of drug-likeness (QED) is 0.907. The zero-order valence-electron chi connectivity index (χ0n) is 10.4. The third kappa shape index (κ3) is 3.01. The summed E-state index contributed by atoms with van der Waals surface area (Å²) in [7, 11) is 0. The number of aromatic hydroxyl groups is 1. The maximum Gasteiger partial charge on any atom is 0.138 e. The Morgan fingerprint density at radius 2 is 2.00 bits per heavy atom. The van der Waals surface area contributed by atoms with Crippen LogP contribution in [0, 0.1) is 13.8 Å². The summed E-state index contributed by atoms with van der Waals surface area (Å²) in [6.07, 6.45) is 0. The van der Waals surface area contributed by atoms with Gasteiger partial charge >= 0.3 is 0 Å². The van der Waals surface area contributed by atoms with E-state index in [2.05, 4.69) is 32.3 Å². The lowest BCUT2D eigenvalue weighted by Gasteiger charge is -2.09. The molecule has 0 aliphatic carbocycles. The lowest BCUT2D eigenvalue weighted by atomic mass is 10.2. The highest BCUT2D eigenvalue weighted by atomic mass is 79.9. The lowest BCUT2D eigenvalue weighted by molar-refractivity contribution is 0.464. The van der Waals surface area contributed by atoms with Crippen LogP contribution >= 0.6 is 15.9 Å². The standard InChI is InChI=1S/C14H15BrN2O/c1-9-7-11(4-5-12(9)15)16-8-13-14(18)6-3-10(2)17-13/h3-7,16,18H,8H2,1-2H3. The van der Waals surface area contributed by atoms with Crippen molar-refractivity contribution >= 4 is 21.6 Å². The van der Waals surface area contributed by atoms with E-state index in [0.29, 0.717) is 12.2 Å². The highest BCUT2D eigenvalue weighted by Crippen LogP contribution is 2.21. The predicted molar refractivity (Wildman–Crippen MR) is 76.8 cm³/mol. The molecule has 0 spiro atoms. The number of halogens is 1. The summed E-state index contributed by atoms with van der Waals surface area (Å²) in [5, 5.41) is 13.0. The summed E-state index contributed by atoms with van der Waals surface area (Å²) in [5.41, 5.74) is 3.74. The van der Waals surface area contributed by atoms with Gasteiger partial charge in [0.25, 0.3) is 0 Å². The van der Waals surface area contributed by atoms with Crippen LogP contribution in [0.4, 0.5) is 5.69 Å². The Balaban J connectivity index is 2.11. The van der Waals surface area contributed by atoms with Crippen LogP contribution in [0.5, 0.6) is 5.75 Å². The number of benzene rings is 1. The largest absolute Gasteiger partial charge is 0.506 e. The molecule has 0 amide bonds. The van der Waals surface area contributed by atoms with Crippen LogP contribution in [0.3, 0.4) is 0 Å². The number of pyridine rings is 1. The third-order valence-corrected chi connectivity index (χ3v) is 3.60. The number of hydrogen-bond acceptors (Lipinski definition) is 3. The molecule has 1 aromatic heterocycles. The fourth-order valence-electron chi connectivity index (χ4n) is 1.67. The molecular weight excluding hydrogens is 292 g/mol. The van der Waals surface area contributed by atoms with Crippen molar-refractivity contribution in [1.29, 1.82) is 0 Å². The molecule has 0 unspecified atom stereocenters. The van der Waals surface area contributed by atoms with Crippen LogP contribution in [0.2, 0.25) is 0 Å². The average molecular weight is 307 g/mol. The molecule has 0 saturated heterocycles. The highest BCUT2D eigenvalue weighted by Gasteiger charge is 2.03. The van der Waals surface area contributed by atoms with Gasteiger partial charge < -0.3 is 10.4 Å². The minimum Gasteiger partial charge on any atom is -0.506 e. The topological polar surface area (TPSA) is 45.1 Å².